The molecule has 0 aliphatic heterocycles. The van der Waals surface area contributed by atoms with Gasteiger partial charge in [0.15, 0.2) is 0 Å². The molecule has 0 saturated heterocycles. The van der Waals surface area contributed by atoms with Crippen LogP contribution in [0.5, 0.6) is 0 Å². The lowest BCUT2D eigenvalue weighted by molar-refractivity contribution is -0.117. The largest absolute Gasteiger partial charge is 0.351 e. The SMILES string of the molecule is Cn1cc(C=C(C#N)C(=O)NCCc2ccccc2)cn1. The number of aryl methyl sites for hydroxylation is 1. The van der Waals surface area contributed by atoms with Crippen LogP contribution in [-0.2, 0) is 18.3 Å². The third-order valence-corrected chi connectivity index (χ3v) is 2.94. The summed E-state index contributed by atoms with van der Waals surface area (Å²) in [5.74, 6) is -0.364. The maximum atomic E-state index is 11.9. The minimum atomic E-state index is -0.364. The molecular weight excluding hydrogens is 264 g/mol. The summed E-state index contributed by atoms with van der Waals surface area (Å²) in [6.45, 7) is 0.495. The van der Waals surface area contributed by atoms with Gasteiger partial charge < -0.3 is 5.32 Å². The molecule has 2 rings (SSSR count). The lowest BCUT2D eigenvalue weighted by atomic mass is 10.1. The summed E-state index contributed by atoms with van der Waals surface area (Å²) in [6, 6.07) is 11.8. The van der Waals surface area contributed by atoms with Crippen molar-refractivity contribution in [3.63, 3.8) is 0 Å². The van der Waals surface area contributed by atoms with Gasteiger partial charge in [0.1, 0.15) is 11.6 Å². The van der Waals surface area contributed by atoms with Crippen molar-refractivity contribution in [2.24, 2.45) is 7.05 Å². The number of hydrogen-bond donors (Lipinski definition) is 1. The molecule has 2 aromatic rings. The van der Waals surface area contributed by atoms with Crippen LogP contribution in [0.25, 0.3) is 6.08 Å². The molecular formula is C16H16N4O. The van der Waals surface area contributed by atoms with Gasteiger partial charge >= 0.3 is 0 Å². The van der Waals surface area contributed by atoms with Crippen LogP contribution < -0.4 is 5.32 Å². The molecule has 0 bridgehead atoms. The number of rotatable bonds is 5. The van der Waals surface area contributed by atoms with E-state index in [9.17, 15) is 4.79 Å². The van der Waals surface area contributed by atoms with E-state index in [-0.39, 0.29) is 11.5 Å². The first-order valence-electron chi connectivity index (χ1n) is 6.61. The van der Waals surface area contributed by atoms with Gasteiger partial charge in [-0.3, -0.25) is 9.48 Å². The molecule has 1 amide bonds. The second-order valence-corrected chi connectivity index (χ2v) is 4.61. The maximum Gasteiger partial charge on any atom is 0.261 e. The van der Waals surface area contributed by atoms with Crippen LogP contribution in [0.15, 0.2) is 48.3 Å². The fourth-order valence-corrected chi connectivity index (χ4v) is 1.89. The predicted molar refractivity (Wildman–Crippen MR) is 80.0 cm³/mol. The Bertz CT molecular complexity index is 680. The lowest BCUT2D eigenvalue weighted by Crippen LogP contribution is -2.26. The molecule has 106 valence electrons. The van der Waals surface area contributed by atoms with E-state index in [1.807, 2.05) is 36.4 Å². The van der Waals surface area contributed by atoms with Gasteiger partial charge in [0.05, 0.1) is 6.20 Å². The van der Waals surface area contributed by atoms with Crippen molar-refractivity contribution in [2.75, 3.05) is 6.54 Å². The molecule has 0 unspecified atom stereocenters. The highest BCUT2D eigenvalue weighted by Gasteiger charge is 2.08. The Morgan fingerprint density at radius 3 is 2.81 bits per heavy atom. The molecule has 0 atom stereocenters. The van der Waals surface area contributed by atoms with E-state index in [4.69, 9.17) is 5.26 Å². The Labute approximate surface area is 123 Å². The Kier molecular flexibility index (Phi) is 4.89. The van der Waals surface area contributed by atoms with Crippen molar-refractivity contribution < 1.29 is 4.79 Å². The zero-order valence-electron chi connectivity index (χ0n) is 11.8. The molecule has 0 aliphatic rings. The second-order valence-electron chi connectivity index (χ2n) is 4.61. The average Bonchev–Trinajstić information content (AvgIpc) is 2.91. The van der Waals surface area contributed by atoms with Crippen LogP contribution in [0.4, 0.5) is 0 Å². The van der Waals surface area contributed by atoms with Crippen molar-refractivity contribution >= 4 is 12.0 Å². The van der Waals surface area contributed by atoms with Crippen molar-refractivity contribution in [3.05, 3.63) is 59.4 Å². The summed E-state index contributed by atoms with van der Waals surface area (Å²) in [5.41, 5.74) is 1.95. The number of nitrogens with zero attached hydrogens (tertiary/aromatic N) is 3. The van der Waals surface area contributed by atoms with Gasteiger partial charge in [-0.05, 0) is 18.1 Å². The Balaban J connectivity index is 1.92. The highest BCUT2D eigenvalue weighted by atomic mass is 16.1. The van der Waals surface area contributed by atoms with E-state index >= 15 is 0 Å². The Morgan fingerprint density at radius 1 is 1.43 bits per heavy atom. The molecule has 1 aromatic carbocycles. The van der Waals surface area contributed by atoms with Crippen molar-refractivity contribution in [1.29, 1.82) is 5.26 Å². The minimum Gasteiger partial charge on any atom is -0.351 e. The van der Waals surface area contributed by atoms with Gasteiger partial charge in [-0.1, -0.05) is 30.3 Å². The molecule has 1 aromatic heterocycles. The third-order valence-electron chi connectivity index (χ3n) is 2.94. The first-order chi connectivity index (χ1) is 10.2. The molecule has 0 radical (unpaired) electrons. The monoisotopic (exact) mass is 280 g/mol. The van der Waals surface area contributed by atoms with Gasteiger partial charge in [0, 0.05) is 25.4 Å². The first kappa shape index (κ1) is 14.5. The minimum absolute atomic E-state index is 0.0797. The third kappa shape index (κ3) is 4.32. The van der Waals surface area contributed by atoms with Crippen LogP contribution in [0, 0.1) is 11.3 Å². The molecule has 21 heavy (non-hydrogen) atoms. The van der Waals surface area contributed by atoms with Crippen LogP contribution in [-0.4, -0.2) is 22.2 Å². The van der Waals surface area contributed by atoms with Gasteiger partial charge in [-0.15, -0.1) is 0 Å². The van der Waals surface area contributed by atoms with Crippen molar-refractivity contribution in [3.8, 4) is 6.07 Å². The Hall–Kier alpha value is -2.87. The molecule has 1 N–H and O–H groups in total. The van der Waals surface area contributed by atoms with E-state index in [1.165, 1.54) is 6.08 Å². The zero-order valence-corrected chi connectivity index (χ0v) is 11.8. The highest BCUT2D eigenvalue weighted by Crippen LogP contribution is 2.05. The molecule has 0 aliphatic carbocycles. The molecule has 0 saturated carbocycles. The summed E-state index contributed by atoms with van der Waals surface area (Å²) in [7, 11) is 1.78. The Morgan fingerprint density at radius 2 is 2.19 bits per heavy atom. The van der Waals surface area contributed by atoms with E-state index in [2.05, 4.69) is 10.4 Å². The molecule has 1 heterocycles. The standard InChI is InChI=1S/C16H16N4O/c1-20-12-14(11-19-20)9-15(10-17)16(21)18-8-7-13-5-3-2-4-6-13/h2-6,9,11-12H,7-8H2,1H3,(H,18,21). The number of nitrogens with one attached hydrogen (secondary N) is 1. The number of carbonyl (C=O) groups excluding carboxylic acids is 1. The first-order valence-corrected chi connectivity index (χ1v) is 6.61. The zero-order chi connectivity index (χ0) is 15.1. The summed E-state index contributed by atoms with van der Waals surface area (Å²) >= 11 is 0. The van der Waals surface area contributed by atoms with Crippen LogP contribution in [0.3, 0.4) is 0 Å². The van der Waals surface area contributed by atoms with Crippen LogP contribution in [0.2, 0.25) is 0 Å². The van der Waals surface area contributed by atoms with E-state index in [0.717, 1.165) is 17.5 Å². The fraction of sp³-hybridized carbons (Fsp3) is 0.188. The van der Waals surface area contributed by atoms with Gasteiger partial charge in [0.2, 0.25) is 0 Å². The fourth-order valence-electron chi connectivity index (χ4n) is 1.89. The number of aromatic nitrogens is 2. The number of nitriles is 1. The van der Waals surface area contributed by atoms with E-state index < -0.39 is 0 Å². The number of benzene rings is 1. The lowest BCUT2D eigenvalue weighted by Gasteiger charge is -2.04. The molecule has 0 spiro atoms. The second kappa shape index (κ2) is 7.06. The maximum absolute atomic E-state index is 11.9. The van der Waals surface area contributed by atoms with Crippen LogP contribution in [0.1, 0.15) is 11.1 Å². The number of hydrogen-bond acceptors (Lipinski definition) is 3. The predicted octanol–water partition coefficient (Wildman–Crippen LogP) is 1.69. The molecule has 0 fully saturated rings. The van der Waals surface area contributed by atoms with Crippen LogP contribution >= 0.6 is 0 Å². The van der Waals surface area contributed by atoms with E-state index in [0.29, 0.717) is 6.54 Å². The van der Waals surface area contributed by atoms with Gasteiger partial charge in [-0.25, -0.2) is 0 Å². The number of amides is 1. The smallest absolute Gasteiger partial charge is 0.261 e. The van der Waals surface area contributed by atoms with E-state index in [1.54, 1.807) is 24.1 Å². The normalized spacial score (nSPS) is 11.0. The average molecular weight is 280 g/mol. The highest BCUT2D eigenvalue weighted by molar-refractivity contribution is 6.01. The summed E-state index contributed by atoms with van der Waals surface area (Å²) in [4.78, 5) is 11.9. The van der Waals surface area contributed by atoms with Crippen molar-refractivity contribution in [2.45, 2.75) is 6.42 Å². The van der Waals surface area contributed by atoms with Gasteiger partial charge in [0.25, 0.3) is 5.91 Å². The summed E-state index contributed by atoms with van der Waals surface area (Å²) in [6.07, 6.45) is 5.62. The van der Waals surface area contributed by atoms with Crippen molar-refractivity contribution in [1.82, 2.24) is 15.1 Å². The summed E-state index contributed by atoms with van der Waals surface area (Å²) in [5, 5.41) is 15.8. The molecule has 5 heteroatoms. The molecule has 5 nitrogen and oxygen atoms in total. The number of carbonyl (C=O) groups is 1. The quantitative estimate of drug-likeness (QED) is 0.669. The summed E-state index contributed by atoms with van der Waals surface area (Å²) < 4.78 is 1.62. The van der Waals surface area contributed by atoms with Gasteiger partial charge in [-0.2, -0.15) is 10.4 Å². The topological polar surface area (TPSA) is 70.7 Å².